The number of amides is 1. The van der Waals surface area contributed by atoms with Crippen LogP contribution >= 0.6 is 15.9 Å². The minimum Gasteiger partial charge on any atom is -0.453 e. The Morgan fingerprint density at radius 3 is 2.69 bits per heavy atom. The molecular weight excluding hydrogens is 276 g/mol. The Balaban J connectivity index is 2.91. The van der Waals surface area contributed by atoms with Crippen molar-refractivity contribution in [1.82, 2.24) is 0 Å². The molecule has 6 heteroatoms. The Morgan fingerprint density at radius 2 is 2.19 bits per heavy atom. The van der Waals surface area contributed by atoms with Gasteiger partial charge in [0.25, 0.3) is 0 Å². The van der Waals surface area contributed by atoms with Gasteiger partial charge in [0.05, 0.1) is 12.4 Å². The van der Waals surface area contributed by atoms with Crippen molar-refractivity contribution in [2.75, 3.05) is 23.5 Å². The lowest BCUT2D eigenvalue weighted by Gasteiger charge is -2.07. The minimum atomic E-state index is -0.584. The van der Waals surface area contributed by atoms with E-state index in [1.54, 1.807) is 12.1 Å². The molecule has 0 aliphatic rings. The highest BCUT2D eigenvalue weighted by Crippen LogP contribution is 2.19. The summed E-state index contributed by atoms with van der Waals surface area (Å²) in [5.74, 6) is -0.109. The van der Waals surface area contributed by atoms with E-state index < -0.39 is 6.09 Å². The number of nitrogen functional groups attached to an aromatic ring is 1. The zero-order chi connectivity index (χ0) is 12.1. The van der Waals surface area contributed by atoms with E-state index in [1.165, 1.54) is 13.2 Å². The summed E-state index contributed by atoms with van der Waals surface area (Å²) in [4.78, 5) is 22.3. The van der Waals surface area contributed by atoms with E-state index in [4.69, 9.17) is 5.73 Å². The molecule has 0 atom stereocenters. The van der Waals surface area contributed by atoms with Gasteiger partial charge < -0.3 is 10.5 Å². The molecule has 0 bridgehead atoms. The molecule has 1 aromatic rings. The smallest absolute Gasteiger partial charge is 0.411 e. The fourth-order valence-corrected chi connectivity index (χ4v) is 1.44. The number of anilines is 2. The number of ketones is 1. The first-order valence-electron chi connectivity index (χ1n) is 4.42. The van der Waals surface area contributed by atoms with Gasteiger partial charge >= 0.3 is 6.09 Å². The topological polar surface area (TPSA) is 81.4 Å². The Kier molecular flexibility index (Phi) is 4.30. The highest BCUT2D eigenvalue weighted by Gasteiger charge is 2.09. The standard InChI is InChI=1S/C10H11BrN2O3/c1-16-10(15)13-6-2-3-7(8(12)4-6)9(14)5-11/h2-4H,5,12H2,1H3,(H,13,15). The summed E-state index contributed by atoms with van der Waals surface area (Å²) in [7, 11) is 1.27. The van der Waals surface area contributed by atoms with Gasteiger partial charge in [-0.2, -0.15) is 0 Å². The molecule has 0 aromatic heterocycles. The van der Waals surface area contributed by atoms with Gasteiger partial charge in [-0.15, -0.1) is 0 Å². The second-order valence-corrected chi connectivity index (χ2v) is 3.54. The third-order valence-electron chi connectivity index (χ3n) is 1.91. The fourth-order valence-electron chi connectivity index (χ4n) is 1.14. The summed E-state index contributed by atoms with van der Waals surface area (Å²) in [5.41, 5.74) is 6.90. The molecule has 0 radical (unpaired) electrons. The summed E-state index contributed by atoms with van der Waals surface area (Å²) >= 11 is 3.06. The van der Waals surface area contributed by atoms with Gasteiger partial charge in [-0.25, -0.2) is 4.79 Å². The minimum absolute atomic E-state index is 0.109. The number of nitrogens with one attached hydrogen (secondary N) is 1. The monoisotopic (exact) mass is 286 g/mol. The van der Waals surface area contributed by atoms with Crippen LogP contribution in [0.3, 0.4) is 0 Å². The lowest BCUT2D eigenvalue weighted by Crippen LogP contribution is -2.12. The zero-order valence-corrected chi connectivity index (χ0v) is 10.2. The van der Waals surface area contributed by atoms with E-state index >= 15 is 0 Å². The maximum atomic E-state index is 11.4. The third kappa shape index (κ3) is 2.96. The molecule has 86 valence electrons. The molecule has 1 aromatic carbocycles. The molecule has 0 unspecified atom stereocenters. The van der Waals surface area contributed by atoms with E-state index in [0.29, 0.717) is 16.9 Å². The summed E-state index contributed by atoms with van der Waals surface area (Å²) < 4.78 is 4.43. The largest absolute Gasteiger partial charge is 0.453 e. The quantitative estimate of drug-likeness (QED) is 0.506. The first kappa shape index (κ1) is 12.5. The number of alkyl halides is 1. The van der Waals surface area contributed by atoms with E-state index in [-0.39, 0.29) is 11.1 Å². The molecule has 0 aliphatic carbocycles. The number of carbonyl (C=O) groups is 2. The number of ether oxygens (including phenoxy) is 1. The summed E-state index contributed by atoms with van der Waals surface area (Å²) in [5, 5.41) is 2.66. The van der Waals surface area contributed by atoms with Gasteiger partial charge in [0.15, 0.2) is 5.78 Å². The molecule has 16 heavy (non-hydrogen) atoms. The van der Waals surface area contributed by atoms with Crippen LogP contribution in [-0.2, 0) is 4.74 Å². The third-order valence-corrected chi connectivity index (χ3v) is 2.41. The number of carbonyl (C=O) groups excluding carboxylic acids is 2. The number of rotatable bonds is 3. The predicted octanol–water partition coefficient (Wildman–Crippen LogP) is 2.02. The van der Waals surface area contributed by atoms with Gasteiger partial charge in [-0.3, -0.25) is 10.1 Å². The molecule has 0 heterocycles. The average Bonchev–Trinajstić information content (AvgIpc) is 2.28. The van der Waals surface area contributed by atoms with Gasteiger partial charge in [-0.1, -0.05) is 15.9 Å². The van der Waals surface area contributed by atoms with Crippen molar-refractivity contribution in [3.63, 3.8) is 0 Å². The van der Waals surface area contributed by atoms with Gasteiger partial charge in [-0.05, 0) is 18.2 Å². The summed E-state index contributed by atoms with van der Waals surface area (Å²) in [6, 6.07) is 4.65. The number of methoxy groups -OCH3 is 1. The Hall–Kier alpha value is -1.56. The van der Waals surface area contributed by atoms with Crippen molar-refractivity contribution in [1.29, 1.82) is 0 Å². The Bertz CT molecular complexity index is 421. The average molecular weight is 287 g/mol. The second kappa shape index (κ2) is 5.50. The van der Waals surface area contributed by atoms with Crippen LogP contribution in [0, 0.1) is 0 Å². The van der Waals surface area contributed by atoms with Crippen molar-refractivity contribution in [3.8, 4) is 0 Å². The van der Waals surface area contributed by atoms with Crippen LogP contribution in [0.2, 0.25) is 0 Å². The molecule has 3 N–H and O–H groups in total. The van der Waals surface area contributed by atoms with Crippen molar-refractivity contribution >= 4 is 39.2 Å². The van der Waals surface area contributed by atoms with Crippen molar-refractivity contribution in [2.24, 2.45) is 0 Å². The molecule has 0 aliphatic heterocycles. The van der Waals surface area contributed by atoms with Crippen molar-refractivity contribution in [3.05, 3.63) is 23.8 Å². The zero-order valence-electron chi connectivity index (χ0n) is 8.62. The van der Waals surface area contributed by atoms with Crippen LogP contribution < -0.4 is 11.1 Å². The first-order chi connectivity index (χ1) is 7.58. The molecule has 5 nitrogen and oxygen atoms in total. The second-order valence-electron chi connectivity index (χ2n) is 2.98. The number of hydrogen-bond acceptors (Lipinski definition) is 4. The van der Waals surface area contributed by atoms with Crippen LogP contribution in [0.1, 0.15) is 10.4 Å². The molecule has 1 amide bonds. The predicted molar refractivity (Wildman–Crippen MR) is 65.0 cm³/mol. The van der Waals surface area contributed by atoms with Crippen molar-refractivity contribution < 1.29 is 14.3 Å². The highest BCUT2D eigenvalue weighted by molar-refractivity contribution is 9.09. The number of Topliss-reactive ketones (excluding diaryl/α,β-unsaturated/α-hetero) is 1. The van der Waals surface area contributed by atoms with Gasteiger partial charge in [0.2, 0.25) is 0 Å². The number of benzene rings is 1. The maximum Gasteiger partial charge on any atom is 0.411 e. The number of hydrogen-bond donors (Lipinski definition) is 2. The van der Waals surface area contributed by atoms with E-state index in [1.807, 2.05) is 0 Å². The normalized spacial score (nSPS) is 9.62. The summed E-state index contributed by atoms with van der Waals surface area (Å²) in [6.07, 6.45) is -0.584. The summed E-state index contributed by atoms with van der Waals surface area (Å²) in [6.45, 7) is 0. The van der Waals surface area contributed by atoms with Gasteiger partial charge in [0, 0.05) is 16.9 Å². The molecule has 0 fully saturated rings. The Labute approximate surface area is 101 Å². The maximum absolute atomic E-state index is 11.4. The fraction of sp³-hybridized carbons (Fsp3) is 0.200. The lowest BCUT2D eigenvalue weighted by atomic mass is 10.1. The molecule has 0 saturated carbocycles. The highest BCUT2D eigenvalue weighted by atomic mass is 79.9. The van der Waals surface area contributed by atoms with Gasteiger partial charge in [0.1, 0.15) is 0 Å². The van der Waals surface area contributed by atoms with E-state index in [2.05, 4.69) is 26.0 Å². The van der Waals surface area contributed by atoms with Crippen LogP contribution in [-0.4, -0.2) is 24.3 Å². The van der Waals surface area contributed by atoms with Crippen LogP contribution in [0.25, 0.3) is 0 Å². The van der Waals surface area contributed by atoms with Crippen LogP contribution in [0.15, 0.2) is 18.2 Å². The molecule has 1 rings (SSSR count). The SMILES string of the molecule is COC(=O)Nc1ccc(C(=O)CBr)c(N)c1. The molecular formula is C10H11BrN2O3. The number of nitrogens with two attached hydrogens (primary N) is 1. The Morgan fingerprint density at radius 1 is 1.50 bits per heavy atom. The number of halogens is 1. The lowest BCUT2D eigenvalue weighted by molar-refractivity contribution is 0.102. The first-order valence-corrected chi connectivity index (χ1v) is 5.54. The van der Waals surface area contributed by atoms with E-state index in [0.717, 1.165) is 0 Å². The van der Waals surface area contributed by atoms with Crippen LogP contribution in [0.4, 0.5) is 16.2 Å². The molecule has 0 saturated heterocycles. The van der Waals surface area contributed by atoms with E-state index in [9.17, 15) is 9.59 Å². The van der Waals surface area contributed by atoms with Crippen LogP contribution in [0.5, 0.6) is 0 Å². The molecule has 0 spiro atoms. The van der Waals surface area contributed by atoms with Crippen molar-refractivity contribution in [2.45, 2.75) is 0 Å².